The second-order valence-corrected chi connectivity index (χ2v) is 10.3. The number of nitrogens with one attached hydrogen (secondary N) is 1. The lowest BCUT2D eigenvalue weighted by Crippen LogP contribution is -2.26. The van der Waals surface area contributed by atoms with Gasteiger partial charge in [-0.05, 0) is 42.0 Å². The molecule has 1 amide bonds. The predicted octanol–water partition coefficient (Wildman–Crippen LogP) is 5.16. The molecule has 174 valence electrons. The Labute approximate surface area is 199 Å². The zero-order valence-electron chi connectivity index (χ0n) is 17.9. The van der Waals surface area contributed by atoms with Crippen LogP contribution in [-0.2, 0) is 16.6 Å². The van der Waals surface area contributed by atoms with E-state index in [-0.39, 0.29) is 33.4 Å². The summed E-state index contributed by atoms with van der Waals surface area (Å²) in [6, 6.07) is 17.9. The first kappa shape index (κ1) is 23.7. The van der Waals surface area contributed by atoms with Crippen molar-refractivity contribution in [1.29, 1.82) is 0 Å². The molecule has 0 spiro atoms. The van der Waals surface area contributed by atoms with Crippen molar-refractivity contribution in [2.45, 2.75) is 11.4 Å². The van der Waals surface area contributed by atoms with Crippen molar-refractivity contribution < 1.29 is 22.0 Å². The molecule has 6 nitrogen and oxygen atoms in total. The Morgan fingerprint density at radius 1 is 1.03 bits per heavy atom. The van der Waals surface area contributed by atoms with Gasteiger partial charge in [-0.15, -0.1) is 11.3 Å². The molecular formula is C24H19F2N3O3S2. The third-order valence-corrected chi connectivity index (χ3v) is 7.58. The van der Waals surface area contributed by atoms with Gasteiger partial charge in [-0.25, -0.2) is 22.2 Å². The summed E-state index contributed by atoms with van der Waals surface area (Å²) in [6.45, 7) is 0.215. The van der Waals surface area contributed by atoms with Crippen molar-refractivity contribution in [3.05, 3.63) is 101 Å². The number of nitrogens with zero attached hydrogens (tertiary/aromatic N) is 2. The van der Waals surface area contributed by atoms with Crippen LogP contribution in [0.5, 0.6) is 0 Å². The topological polar surface area (TPSA) is 79.4 Å². The van der Waals surface area contributed by atoms with Gasteiger partial charge in [-0.3, -0.25) is 10.1 Å². The average Bonchev–Trinajstić information content (AvgIpc) is 3.27. The summed E-state index contributed by atoms with van der Waals surface area (Å²) in [6.07, 6.45) is 0. The molecule has 0 bridgehead atoms. The van der Waals surface area contributed by atoms with Gasteiger partial charge in [0, 0.05) is 36.2 Å². The zero-order chi connectivity index (χ0) is 24.3. The monoisotopic (exact) mass is 499 g/mol. The van der Waals surface area contributed by atoms with E-state index >= 15 is 0 Å². The van der Waals surface area contributed by atoms with Gasteiger partial charge in [0.25, 0.3) is 5.91 Å². The molecule has 0 radical (unpaired) electrons. The fraction of sp³-hybridized carbons (Fsp3) is 0.0833. The molecule has 0 unspecified atom stereocenters. The van der Waals surface area contributed by atoms with Gasteiger partial charge >= 0.3 is 0 Å². The number of aromatic nitrogens is 1. The average molecular weight is 500 g/mol. The van der Waals surface area contributed by atoms with Gasteiger partial charge in [0.15, 0.2) is 5.13 Å². The molecule has 1 N–H and O–H groups in total. The number of carbonyl (C=O) groups is 1. The van der Waals surface area contributed by atoms with Crippen LogP contribution in [0.1, 0.15) is 15.9 Å². The number of halogens is 2. The minimum Gasteiger partial charge on any atom is -0.298 e. The van der Waals surface area contributed by atoms with E-state index in [2.05, 4.69) is 10.3 Å². The Morgan fingerprint density at radius 2 is 1.74 bits per heavy atom. The summed E-state index contributed by atoms with van der Waals surface area (Å²) in [4.78, 5) is 16.8. The minimum atomic E-state index is -3.74. The molecule has 10 heteroatoms. The number of hydrogen-bond donors (Lipinski definition) is 1. The van der Waals surface area contributed by atoms with Crippen molar-refractivity contribution in [2.24, 2.45) is 0 Å². The number of hydrogen-bond acceptors (Lipinski definition) is 5. The first-order valence-electron chi connectivity index (χ1n) is 10.1. The van der Waals surface area contributed by atoms with E-state index < -0.39 is 27.6 Å². The first-order valence-corrected chi connectivity index (χ1v) is 12.4. The maximum absolute atomic E-state index is 14.0. The number of anilines is 1. The summed E-state index contributed by atoms with van der Waals surface area (Å²) >= 11 is 1.09. The zero-order valence-corrected chi connectivity index (χ0v) is 19.5. The first-order chi connectivity index (χ1) is 16.2. The van der Waals surface area contributed by atoms with E-state index in [1.54, 1.807) is 5.38 Å². The molecule has 0 fully saturated rings. The summed E-state index contributed by atoms with van der Waals surface area (Å²) in [5, 5.41) is 4.38. The van der Waals surface area contributed by atoms with Crippen LogP contribution < -0.4 is 5.32 Å². The largest absolute Gasteiger partial charge is 0.298 e. The highest BCUT2D eigenvalue weighted by molar-refractivity contribution is 7.89. The lowest BCUT2D eigenvalue weighted by atomic mass is 10.1. The molecule has 0 atom stereocenters. The minimum absolute atomic E-state index is 0.0609. The lowest BCUT2D eigenvalue weighted by molar-refractivity contribution is 0.102. The summed E-state index contributed by atoms with van der Waals surface area (Å²) in [5.74, 6) is -1.94. The highest BCUT2D eigenvalue weighted by Crippen LogP contribution is 2.28. The number of rotatable bonds is 7. The van der Waals surface area contributed by atoms with Crippen LogP contribution in [0, 0.1) is 11.6 Å². The second-order valence-electron chi connectivity index (χ2n) is 7.39. The summed E-state index contributed by atoms with van der Waals surface area (Å²) in [7, 11) is -2.25. The van der Waals surface area contributed by atoms with E-state index in [1.807, 2.05) is 30.3 Å². The maximum atomic E-state index is 14.0. The van der Waals surface area contributed by atoms with Gasteiger partial charge < -0.3 is 0 Å². The Morgan fingerprint density at radius 3 is 2.41 bits per heavy atom. The standard InChI is InChI=1S/C24H19F2N3O3S2/c1-29(14-16-5-3-2-4-6-16)34(31,32)19-10-7-17(8-11-19)23(30)28-24-27-22(15-33-24)20-12-9-18(25)13-21(20)26/h2-13,15H,14H2,1H3,(H,27,28,30). The van der Waals surface area contributed by atoms with Gasteiger partial charge in [0.1, 0.15) is 11.6 Å². The van der Waals surface area contributed by atoms with Crippen molar-refractivity contribution in [3.8, 4) is 11.3 Å². The van der Waals surface area contributed by atoms with Crippen LogP contribution in [0.3, 0.4) is 0 Å². The second kappa shape index (κ2) is 9.80. The molecule has 0 saturated carbocycles. The highest BCUT2D eigenvalue weighted by atomic mass is 32.2. The fourth-order valence-electron chi connectivity index (χ4n) is 3.21. The van der Waals surface area contributed by atoms with Crippen molar-refractivity contribution >= 4 is 32.4 Å². The number of sulfonamides is 1. The summed E-state index contributed by atoms with van der Waals surface area (Å²) < 4.78 is 54.0. The predicted molar refractivity (Wildman–Crippen MR) is 127 cm³/mol. The number of amides is 1. The Kier molecular flexibility index (Phi) is 6.82. The van der Waals surface area contributed by atoms with Crippen molar-refractivity contribution in [2.75, 3.05) is 12.4 Å². The molecule has 1 heterocycles. The lowest BCUT2D eigenvalue weighted by Gasteiger charge is -2.17. The molecule has 4 rings (SSSR count). The Hall–Kier alpha value is -3.47. The SMILES string of the molecule is CN(Cc1ccccc1)S(=O)(=O)c1ccc(C(=O)Nc2nc(-c3ccc(F)cc3F)cs2)cc1. The van der Waals surface area contributed by atoms with Gasteiger partial charge in [-0.1, -0.05) is 30.3 Å². The number of carbonyl (C=O) groups excluding carboxylic acids is 1. The maximum Gasteiger partial charge on any atom is 0.257 e. The normalized spacial score (nSPS) is 11.5. The van der Waals surface area contributed by atoms with Crippen molar-refractivity contribution in [3.63, 3.8) is 0 Å². The molecule has 34 heavy (non-hydrogen) atoms. The van der Waals surface area contributed by atoms with Crippen LogP contribution in [0.25, 0.3) is 11.3 Å². The number of thiazole rings is 1. The van der Waals surface area contributed by atoms with Gasteiger partial charge in [-0.2, -0.15) is 4.31 Å². The van der Waals surface area contributed by atoms with Crippen LogP contribution in [0.2, 0.25) is 0 Å². The van der Waals surface area contributed by atoms with Crippen LogP contribution in [-0.4, -0.2) is 30.7 Å². The third-order valence-electron chi connectivity index (χ3n) is 5.00. The van der Waals surface area contributed by atoms with E-state index in [1.165, 1.54) is 41.7 Å². The molecule has 1 aromatic heterocycles. The fourth-order valence-corrected chi connectivity index (χ4v) is 5.07. The molecule has 0 aliphatic carbocycles. The van der Waals surface area contributed by atoms with Crippen LogP contribution >= 0.6 is 11.3 Å². The number of benzene rings is 3. The van der Waals surface area contributed by atoms with E-state index in [9.17, 15) is 22.0 Å². The van der Waals surface area contributed by atoms with Crippen LogP contribution in [0.15, 0.2) is 83.1 Å². The van der Waals surface area contributed by atoms with E-state index in [0.29, 0.717) is 0 Å². The highest BCUT2D eigenvalue weighted by Gasteiger charge is 2.21. The van der Waals surface area contributed by atoms with E-state index in [0.717, 1.165) is 29.0 Å². The molecular weight excluding hydrogens is 480 g/mol. The smallest absolute Gasteiger partial charge is 0.257 e. The van der Waals surface area contributed by atoms with Gasteiger partial charge in [0.05, 0.1) is 10.6 Å². The van der Waals surface area contributed by atoms with Crippen molar-refractivity contribution in [1.82, 2.24) is 9.29 Å². The molecule has 3 aromatic carbocycles. The Balaban J connectivity index is 1.45. The third kappa shape index (κ3) is 5.19. The van der Waals surface area contributed by atoms with E-state index in [4.69, 9.17) is 0 Å². The molecule has 0 saturated heterocycles. The molecule has 4 aromatic rings. The summed E-state index contributed by atoms with van der Waals surface area (Å²) in [5.41, 5.74) is 1.47. The van der Waals surface area contributed by atoms with Crippen LogP contribution in [0.4, 0.5) is 13.9 Å². The molecule has 0 aliphatic rings. The van der Waals surface area contributed by atoms with Gasteiger partial charge in [0.2, 0.25) is 10.0 Å². The molecule has 0 aliphatic heterocycles. The Bertz CT molecular complexity index is 1420. The quantitative estimate of drug-likeness (QED) is 0.381.